The number of hydrogen-bond donors (Lipinski definition) is 0. The second-order valence-electron chi connectivity index (χ2n) is 7.36. The van der Waals surface area contributed by atoms with E-state index in [0.717, 1.165) is 12.1 Å². The molecule has 2 atom stereocenters. The lowest BCUT2D eigenvalue weighted by molar-refractivity contribution is -0.143. The first kappa shape index (κ1) is 22.9. The van der Waals surface area contributed by atoms with Crippen LogP contribution >= 0.6 is 10.0 Å². The molecule has 0 spiro atoms. The molecule has 6 heteroatoms. The topological polar surface area (TPSA) is 26.3 Å². The largest absolute Gasteiger partial charge is 0.466 e. The van der Waals surface area contributed by atoms with E-state index < -0.39 is 45.3 Å². The number of halogens is 3. The molecule has 2 nitrogen and oxygen atoms in total. The molecule has 156 valence electrons. The van der Waals surface area contributed by atoms with Gasteiger partial charge in [0.1, 0.15) is 17.5 Å². The lowest BCUT2D eigenvalue weighted by atomic mass is 9.79. The van der Waals surface area contributed by atoms with Gasteiger partial charge in [0, 0.05) is 11.5 Å². The molecule has 0 bridgehead atoms. The molecule has 29 heavy (non-hydrogen) atoms. The summed E-state index contributed by atoms with van der Waals surface area (Å²) in [5, 5.41) is 3.17. The molecule has 2 aromatic rings. The van der Waals surface area contributed by atoms with Crippen molar-refractivity contribution in [3.8, 4) is 11.2 Å². The first-order valence-electron chi connectivity index (χ1n) is 9.18. The molecule has 0 aliphatic heterocycles. The van der Waals surface area contributed by atoms with Crippen molar-refractivity contribution in [2.75, 3.05) is 25.4 Å². The summed E-state index contributed by atoms with van der Waals surface area (Å²) in [6.07, 6.45) is 5.73. The van der Waals surface area contributed by atoms with Crippen molar-refractivity contribution in [3.05, 3.63) is 71.0 Å². The van der Waals surface area contributed by atoms with Crippen molar-refractivity contribution in [1.82, 2.24) is 0 Å². The van der Waals surface area contributed by atoms with Crippen LogP contribution in [0.1, 0.15) is 36.3 Å². The molecule has 0 N–H and O–H groups in total. The summed E-state index contributed by atoms with van der Waals surface area (Å²) in [5.41, 5.74) is 0.368. The van der Waals surface area contributed by atoms with E-state index in [1.807, 2.05) is 18.8 Å². The van der Waals surface area contributed by atoms with Crippen molar-refractivity contribution in [2.24, 2.45) is 0 Å². The Morgan fingerprint density at radius 2 is 1.62 bits per heavy atom. The van der Waals surface area contributed by atoms with Crippen molar-refractivity contribution < 1.29 is 22.7 Å². The van der Waals surface area contributed by atoms with Crippen molar-refractivity contribution in [2.45, 2.75) is 25.2 Å². The molecule has 0 aromatic heterocycles. The summed E-state index contributed by atoms with van der Waals surface area (Å²) in [4.78, 5) is 12.3. The van der Waals surface area contributed by atoms with Crippen molar-refractivity contribution >= 4 is 16.0 Å². The SMILES string of the molecule is CCOC(=O)CC(c1c(F)cccc1F)C(C#CS(C)(C)C)c1ccc(F)cc1. The third-order valence-corrected chi connectivity index (χ3v) is 4.94. The summed E-state index contributed by atoms with van der Waals surface area (Å²) in [6.45, 7) is 1.82. The van der Waals surface area contributed by atoms with E-state index in [2.05, 4.69) is 11.2 Å². The average Bonchev–Trinajstić information content (AvgIpc) is 2.62. The number of ether oxygens (including phenoxy) is 1. The zero-order chi connectivity index (χ0) is 21.6. The van der Waals surface area contributed by atoms with Gasteiger partial charge in [-0.1, -0.05) is 29.4 Å². The highest BCUT2D eigenvalue weighted by atomic mass is 32.3. The van der Waals surface area contributed by atoms with Crippen LogP contribution in [0, 0.1) is 28.6 Å². The Morgan fingerprint density at radius 1 is 1.03 bits per heavy atom. The van der Waals surface area contributed by atoms with Crippen LogP contribution < -0.4 is 0 Å². The quantitative estimate of drug-likeness (QED) is 0.449. The molecule has 2 aromatic carbocycles. The number of carbonyl (C=O) groups excluding carboxylic acids is 1. The molecule has 0 aliphatic rings. The first-order valence-corrected chi connectivity index (χ1v) is 12.0. The van der Waals surface area contributed by atoms with Crippen LogP contribution in [0.15, 0.2) is 42.5 Å². The van der Waals surface area contributed by atoms with Crippen LogP contribution in [0.4, 0.5) is 13.2 Å². The maximum Gasteiger partial charge on any atom is 0.306 e. The zero-order valence-corrected chi connectivity index (χ0v) is 17.8. The van der Waals surface area contributed by atoms with E-state index >= 15 is 0 Å². The first-order chi connectivity index (χ1) is 13.6. The number of hydrogen-bond acceptors (Lipinski definition) is 2. The highest BCUT2D eigenvalue weighted by Gasteiger charge is 2.31. The summed E-state index contributed by atoms with van der Waals surface area (Å²) in [7, 11) is -1.25. The van der Waals surface area contributed by atoms with Crippen LogP contribution in [0.2, 0.25) is 0 Å². The normalized spacial score (nSPS) is 13.8. The Morgan fingerprint density at radius 3 is 2.14 bits per heavy atom. The lowest BCUT2D eigenvalue weighted by Gasteiger charge is -2.25. The predicted octanol–water partition coefficient (Wildman–Crippen LogP) is 5.58. The Labute approximate surface area is 171 Å². The van der Waals surface area contributed by atoms with Crippen LogP contribution in [0.3, 0.4) is 0 Å². The molecule has 2 unspecified atom stereocenters. The molecule has 0 radical (unpaired) electrons. The summed E-state index contributed by atoms with van der Waals surface area (Å²) in [6, 6.07) is 9.18. The Hall–Kier alpha value is -2.39. The van der Waals surface area contributed by atoms with Crippen molar-refractivity contribution in [3.63, 3.8) is 0 Å². The van der Waals surface area contributed by atoms with Gasteiger partial charge in [0.25, 0.3) is 0 Å². The molecule has 0 amide bonds. The van der Waals surface area contributed by atoms with Gasteiger partial charge in [-0.2, -0.15) is 10.0 Å². The van der Waals surface area contributed by atoms with E-state index in [1.54, 1.807) is 6.92 Å². The summed E-state index contributed by atoms with van der Waals surface area (Å²) in [5.74, 6) is -1.02. The molecule has 0 aliphatic carbocycles. The highest BCUT2D eigenvalue weighted by Crippen LogP contribution is 2.40. The van der Waals surface area contributed by atoms with Gasteiger partial charge in [0.2, 0.25) is 0 Å². The fourth-order valence-electron chi connectivity index (χ4n) is 2.98. The zero-order valence-electron chi connectivity index (χ0n) is 17.0. The monoisotopic (exact) mass is 422 g/mol. The maximum absolute atomic E-state index is 14.7. The van der Waals surface area contributed by atoms with Gasteiger partial charge in [0.05, 0.1) is 18.9 Å². The van der Waals surface area contributed by atoms with Gasteiger partial charge in [-0.3, -0.25) is 4.79 Å². The number of benzene rings is 2. The summed E-state index contributed by atoms with van der Waals surface area (Å²) >= 11 is 0. The lowest BCUT2D eigenvalue weighted by Crippen LogP contribution is -2.19. The minimum Gasteiger partial charge on any atom is -0.466 e. The van der Waals surface area contributed by atoms with Gasteiger partial charge < -0.3 is 4.74 Å². The Bertz CT molecular complexity index is 888. The second kappa shape index (κ2) is 9.89. The van der Waals surface area contributed by atoms with E-state index in [0.29, 0.717) is 5.56 Å². The molecule has 0 saturated heterocycles. The fraction of sp³-hybridized carbons (Fsp3) is 0.348. The fourth-order valence-corrected chi connectivity index (χ4v) is 3.46. The third-order valence-electron chi connectivity index (χ3n) is 4.21. The van der Waals surface area contributed by atoms with Crippen molar-refractivity contribution in [1.29, 1.82) is 0 Å². The molecule has 0 heterocycles. The van der Waals surface area contributed by atoms with Gasteiger partial charge in [-0.15, -0.1) is 0 Å². The molecule has 0 saturated carbocycles. The Balaban J connectivity index is 2.65. The van der Waals surface area contributed by atoms with E-state index in [9.17, 15) is 18.0 Å². The number of carbonyl (C=O) groups is 1. The molecule has 0 fully saturated rings. The van der Waals surface area contributed by atoms with E-state index in [1.165, 1.54) is 30.3 Å². The molecule has 2 rings (SSSR count). The van der Waals surface area contributed by atoms with Crippen LogP contribution in [-0.4, -0.2) is 31.3 Å². The van der Waals surface area contributed by atoms with Crippen LogP contribution in [-0.2, 0) is 9.53 Å². The van der Waals surface area contributed by atoms with Gasteiger partial charge >= 0.3 is 5.97 Å². The minimum atomic E-state index is -1.25. The highest BCUT2D eigenvalue weighted by molar-refractivity contribution is 8.35. The van der Waals surface area contributed by atoms with E-state index in [-0.39, 0.29) is 18.6 Å². The Kier molecular flexibility index (Phi) is 7.80. The molecular formula is C23H25F3O2S. The third kappa shape index (κ3) is 6.57. The van der Waals surface area contributed by atoms with Gasteiger partial charge in [-0.25, -0.2) is 13.2 Å². The average molecular weight is 423 g/mol. The number of rotatable bonds is 6. The predicted molar refractivity (Wildman–Crippen MR) is 113 cm³/mol. The maximum atomic E-state index is 14.7. The molecular weight excluding hydrogens is 397 g/mol. The standard InChI is InChI=1S/C23H25F3O2S/c1-5-28-22(27)15-19(23-20(25)7-6-8-21(23)26)18(13-14-29(2,3)4)16-9-11-17(24)12-10-16/h6-12,18-19H,5,15H2,1-4H3. The smallest absolute Gasteiger partial charge is 0.306 e. The number of esters is 1. The van der Waals surface area contributed by atoms with Crippen LogP contribution in [0.5, 0.6) is 0 Å². The van der Waals surface area contributed by atoms with Gasteiger partial charge in [-0.05, 0) is 55.5 Å². The van der Waals surface area contributed by atoms with E-state index in [4.69, 9.17) is 4.74 Å². The minimum absolute atomic E-state index is 0.157. The van der Waals surface area contributed by atoms with Crippen LogP contribution in [0.25, 0.3) is 0 Å². The summed E-state index contributed by atoms with van der Waals surface area (Å²) < 4.78 is 47.8. The second-order valence-corrected chi connectivity index (χ2v) is 11.2. The van der Waals surface area contributed by atoms with Gasteiger partial charge in [0.15, 0.2) is 0 Å².